The Balaban J connectivity index is 1.25. The second kappa shape index (κ2) is 6.49. The molecule has 7 heteroatoms. The average Bonchev–Trinajstić information content (AvgIpc) is 3.04. The van der Waals surface area contributed by atoms with E-state index in [1.165, 1.54) is 12.8 Å². The first kappa shape index (κ1) is 15.5. The van der Waals surface area contributed by atoms with Crippen LogP contribution >= 0.6 is 0 Å². The minimum Gasteiger partial charge on any atom is -0.494 e. The van der Waals surface area contributed by atoms with Gasteiger partial charge in [0.05, 0.1) is 12.3 Å². The van der Waals surface area contributed by atoms with Crippen molar-refractivity contribution in [1.29, 1.82) is 0 Å². The number of hydrogen-bond donors (Lipinski definition) is 2. The first-order chi connectivity index (χ1) is 11.7. The highest BCUT2D eigenvalue weighted by molar-refractivity contribution is 5.36. The molecule has 128 valence electrons. The lowest BCUT2D eigenvalue weighted by Gasteiger charge is -2.24. The van der Waals surface area contributed by atoms with Crippen LogP contribution in [0.1, 0.15) is 25.7 Å². The molecule has 3 N–H and O–H groups in total. The molecule has 1 aliphatic heterocycles. The van der Waals surface area contributed by atoms with Gasteiger partial charge in [-0.2, -0.15) is 0 Å². The largest absolute Gasteiger partial charge is 0.494 e. The van der Waals surface area contributed by atoms with Crippen LogP contribution in [0.15, 0.2) is 30.6 Å². The molecule has 0 amide bonds. The van der Waals surface area contributed by atoms with Crippen LogP contribution in [0.4, 0.5) is 0 Å². The molecule has 2 aromatic rings. The van der Waals surface area contributed by atoms with Crippen molar-refractivity contribution in [1.82, 2.24) is 25.5 Å². The van der Waals surface area contributed by atoms with Crippen LogP contribution in [0.5, 0.6) is 5.75 Å². The van der Waals surface area contributed by atoms with Crippen LogP contribution in [0.25, 0.3) is 5.69 Å². The molecule has 0 bridgehead atoms. The third-order valence-electron chi connectivity index (χ3n) is 5.42. The number of piperidine rings is 1. The lowest BCUT2D eigenvalue weighted by atomic mass is 9.90. The van der Waals surface area contributed by atoms with Gasteiger partial charge < -0.3 is 15.8 Å². The number of nitrogens with one attached hydrogen (secondary N) is 1. The number of tetrazole rings is 1. The summed E-state index contributed by atoms with van der Waals surface area (Å²) in [4.78, 5) is 0. The zero-order chi connectivity index (χ0) is 16.4. The van der Waals surface area contributed by atoms with E-state index in [-0.39, 0.29) is 5.54 Å². The van der Waals surface area contributed by atoms with Crippen molar-refractivity contribution in [2.45, 2.75) is 31.2 Å². The van der Waals surface area contributed by atoms with E-state index in [0.29, 0.717) is 12.5 Å². The quantitative estimate of drug-likeness (QED) is 0.826. The van der Waals surface area contributed by atoms with Crippen LogP contribution in [0.2, 0.25) is 0 Å². The Kier molecular flexibility index (Phi) is 4.20. The molecule has 2 atom stereocenters. The lowest BCUT2D eigenvalue weighted by Crippen LogP contribution is -2.34. The van der Waals surface area contributed by atoms with Gasteiger partial charge in [0.15, 0.2) is 0 Å². The zero-order valence-corrected chi connectivity index (χ0v) is 13.8. The first-order valence-corrected chi connectivity index (χ1v) is 8.70. The fourth-order valence-corrected chi connectivity index (χ4v) is 3.85. The van der Waals surface area contributed by atoms with Gasteiger partial charge in [-0.25, -0.2) is 4.68 Å². The fourth-order valence-electron chi connectivity index (χ4n) is 3.85. The van der Waals surface area contributed by atoms with Gasteiger partial charge >= 0.3 is 0 Å². The average molecular weight is 328 g/mol. The van der Waals surface area contributed by atoms with Crippen molar-refractivity contribution >= 4 is 0 Å². The number of rotatable bonds is 6. The van der Waals surface area contributed by atoms with E-state index in [2.05, 4.69) is 20.8 Å². The highest BCUT2D eigenvalue weighted by Gasteiger charge is 2.53. The summed E-state index contributed by atoms with van der Waals surface area (Å²) in [5, 5.41) is 14.6. The third kappa shape index (κ3) is 3.27. The van der Waals surface area contributed by atoms with Crippen LogP contribution in [-0.2, 0) is 0 Å². The van der Waals surface area contributed by atoms with E-state index >= 15 is 0 Å². The van der Waals surface area contributed by atoms with Gasteiger partial charge in [0.2, 0.25) is 0 Å². The van der Waals surface area contributed by atoms with E-state index in [0.717, 1.165) is 43.3 Å². The van der Waals surface area contributed by atoms with Crippen molar-refractivity contribution in [2.24, 2.45) is 17.6 Å². The standard InChI is InChI=1S/C17H24N6O/c18-17(11-16(17)13-5-8-19-9-6-13)7-10-24-15-3-1-14(2-4-15)23-12-20-21-22-23/h1-4,12-13,16,19H,5-11,18H2/t16-,17+/m1/s1. The summed E-state index contributed by atoms with van der Waals surface area (Å²) in [6, 6.07) is 7.77. The first-order valence-electron chi connectivity index (χ1n) is 8.70. The summed E-state index contributed by atoms with van der Waals surface area (Å²) < 4.78 is 7.49. The Morgan fingerprint density at radius 1 is 1.25 bits per heavy atom. The number of hydrogen-bond acceptors (Lipinski definition) is 6. The van der Waals surface area contributed by atoms with Crippen LogP contribution < -0.4 is 15.8 Å². The zero-order valence-electron chi connectivity index (χ0n) is 13.8. The lowest BCUT2D eigenvalue weighted by molar-refractivity contribution is 0.265. The van der Waals surface area contributed by atoms with Gasteiger partial charge in [0.25, 0.3) is 0 Å². The molecule has 1 aliphatic carbocycles. The summed E-state index contributed by atoms with van der Waals surface area (Å²) in [7, 11) is 0. The van der Waals surface area contributed by atoms with Gasteiger partial charge in [0.1, 0.15) is 12.1 Å². The fraction of sp³-hybridized carbons (Fsp3) is 0.588. The number of benzene rings is 1. The Morgan fingerprint density at radius 3 is 2.75 bits per heavy atom. The monoisotopic (exact) mass is 328 g/mol. The maximum Gasteiger partial charge on any atom is 0.143 e. The maximum absolute atomic E-state index is 6.55. The molecular formula is C17H24N6O. The topological polar surface area (TPSA) is 90.9 Å². The van der Waals surface area contributed by atoms with Crippen molar-refractivity contribution in [3.8, 4) is 11.4 Å². The summed E-state index contributed by atoms with van der Waals surface area (Å²) in [6.07, 6.45) is 6.18. The van der Waals surface area contributed by atoms with Gasteiger partial charge in [-0.05, 0) is 85.3 Å². The van der Waals surface area contributed by atoms with E-state index in [9.17, 15) is 0 Å². The molecule has 2 fully saturated rings. The highest BCUT2D eigenvalue weighted by atomic mass is 16.5. The highest BCUT2D eigenvalue weighted by Crippen LogP contribution is 2.51. The molecule has 2 aliphatic rings. The molecule has 2 heterocycles. The van der Waals surface area contributed by atoms with Crippen molar-refractivity contribution in [2.75, 3.05) is 19.7 Å². The minimum atomic E-state index is -0.00561. The van der Waals surface area contributed by atoms with Crippen LogP contribution in [-0.4, -0.2) is 45.4 Å². The Labute approximate surface area is 141 Å². The Morgan fingerprint density at radius 2 is 2.04 bits per heavy atom. The molecule has 24 heavy (non-hydrogen) atoms. The van der Waals surface area contributed by atoms with Crippen LogP contribution in [0, 0.1) is 11.8 Å². The molecular weight excluding hydrogens is 304 g/mol. The summed E-state index contributed by atoms with van der Waals surface area (Å²) in [6.45, 7) is 2.95. The normalized spacial score (nSPS) is 27.1. The number of nitrogens with two attached hydrogens (primary N) is 1. The molecule has 1 aromatic carbocycles. The molecule has 0 spiro atoms. The van der Waals surface area contributed by atoms with E-state index < -0.39 is 0 Å². The number of ether oxygens (including phenoxy) is 1. The second-order valence-corrected chi connectivity index (χ2v) is 6.98. The van der Waals surface area contributed by atoms with Gasteiger partial charge in [-0.15, -0.1) is 5.10 Å². The predicted molar refractivity (Wildman–Crippen MR) is 89.9 cm³/mol. The maximum atomic E-state index is 6.55. The predicted octanol–water partition coefficient (Wildman–Crippen LogP) is 1.15. The van der Waals surface area contributed by atoms with Crippen molar-refractivity contribution < 1.29 is 4.74 Å². The smallest absolute Gasteiger partial charge is 0.143 e. The summed E-state index contributed by atoms with van der Waals surface area (Å²) >= 11 is 0. The molecule has 1 saturated carbocycles. The third-order valence-corrected chi connectivity index (χ3v) is 5.42. The summed E-state index contributed by atoms with van der Waals surface area (Å²) in [5.41, 5.74) is 7.46. The Bertz CT molecular complexity index is 652. The van der Waals surface area contributed by atoms with E-state index in [1.54, 1.807) is 11.0 Å². The molecule has 7 nitrogen and oxygen atoms in total. The number of nitrogens with zero attached hydrogens (tertiary/aromatic N) is 4. The second-order valence-electron chi connectivity index (χ2n) is 6.98. The number of aromatic nitrogens is 4. The molecule has 4 rings (SSSR count). The Hall–Kier alpha value is -1.99. The van der Waals surface area contributed by atoms with Gasteiger partial charge in [-0.1, -0.05) is 0 Å². The minimum absolute atomic E-state index is 0.00561. The SMILES string of the molecule is N[C@@]1(CCOc2ccc(-n3cnnn3)cc2)C[C@@H]1C1CCNCC1. The van der Waals surface area contributed by atoms with Crippen LogP contribution in [0.3, 0.4) is 0 Å². The van der Waals surface area contributed by atoms with E-state index in [4.69, 9.17) is 10.5 Å². The molecule has 1 aromatic heterocycles. The van der Waals surface area contributed by atoms with Gasteiger partial charge in [0, 0.05) is 5.54 Å². The summed E-state index contributed by atoms with van der Waals surface area (Å²) in [5.74, 6) is 2.34. The van der Waals surface area contributed by atoms with Gasteiger partial charge in [-0.3, -0.25) is 0 Å². The van der Waals surface area contributed by atoms with Crippen molar-refractivity contribution in [3.05, 3.63) is 30.6 Å². The van der Waals surface area contributed by atoms with E-state index in [1.807, 2.05) is 24.3 Å². The molecule has 1 saturated heterocycles. The molecule has 0 unspecified atom stereocenters. The molecule has 0 radical (unpaired) electrons. The van der Waals surface area contributed by atoms with Crippen molar-refractivity contribution in [3.63, 3.8) is 0 Å².